The quantitative estimate of drug-likeness (QED) is 0.767. The average molecular weight is 281 g/mol. The first kappa shape index (κ1) is 16.7. The van der Waals surface area contributed by atoms with Crippen molar-refractivity contribution in [2.24, 2.45) is 11.7 Å². The monoisotopic (exact) mass is 281 g/mol. The smallest absolute Gasteiger partial charge is 0.273 e. The highest BCUT2D eigenvalue weighted by Gasteiger charge is 2.18. The summed E-state index contributed by atoms with van der Waals surface area (Å²) in [5, 5.41) is 2.92. The second kappa shape index (κ2) is 8.04. The molecule has 3 N–H and O–H groups in total. The standard InChI is InChI=1S/C15H27N3O2/c1-5-6-7-12(16)15-18-13(9-20-15)14(19)17-11(4)8-10(2)3/h9-12H,5-8,16H2,1-4H3,(H,17,19). The van der Waals surface area contributed by atoms with Gasteiger partial charge >= 0.3 is 0 Å². The molecule has 1 heterocycles. The van der Waals surface area contributed by atoms with Crippen molar-refractivity contribution in [1.82, 2.24) is 10.3 Å². The summed E-state index contributed by atoms with van der Waals surface area (Å²) >= 11 is 0. The van der Waals surface area contributed by atoms with Crippen molar-refractivity contribution < 1.29 is 9.21 Å². The Labute approximate surface area is 121 Å². The molecule has 0 bridgehead atoms. The summed E-state index contributed by atoms with van der Waals surface area (Å²) in [5.41, 5.74) is 6.28. The second-order valence-corrected chi connectivity index (χ2v) is 5.82. The van der Waals surface area contributed by atoms with E-state index in [0.717, 1.165) is 25.7 Å². The predicted octanol–water partition coefficient (Wildman–Crippen LogP) is 3.03. The highest BCUT2D eigenvalue weighted by atomic mass is 16.3. The van der Waals surface area contributed by atoms with Gasteiger partial charge in [0.05, 0.1) is 6.04 Å². The molecule has 1 aromatic heterocycles. The van der Waals surface area contributed by atoms with Gasteiger partial charge in [-0.3, -0.25) is 4.79 Å². The molecule has 0 aliphatic rings. The summed E-state index contributed by atoms with van der Waals surface area (Å²) in [6.45, 7) is 8.36. The normalized spacial score (nSPS) is 14.3. The van der Waals surface area contributed by atoms with E-state index in [1.165, 1.54) is 6.26 Å². The SMILES string of the molecule is CCCCC(N)c1nc(C(=O)NC(C)CC(C)C)co1. The number of nitrogens with zero attached hydrogens (tertiary/aromatic N) is 1. The lowest BCUT2D eigenvalue weighted by molar-refractivity contribution is 0.0931. The number of hydrogen-bond acceptors (Lipinski definition) is 4. The number of rotatable bonds is 8. The fourth-order valence-electron chi connectivity index (χ4n) is 2.17. The van der Waals surface area contributed by atoms with Gasteiger partial charge in [0.15, 0.2) is 5.69 Å². The first-order valence-electron chi connectivity index (χ1n) is 7.45. The molecule has 1 amide bonds. The van der Waals surface area contributed by atoms with Crippen molar-refractivity contribution >= 4 is 5.91 Å². The molecular formula is C15H27N3O2. The number of carbonyl (C=O) groups excluding carboxylic acids is 1. The third-order valence-corrected chi connectivity index (χ3v) is 3.14. The lowest BCUT2D eigenvalue weighted by Gasteiger charge is -2.14. The fraction of sp³-hybridized carbons (Fsp3) is 0.733. The van der Waals surface area contributed by atoms with E-state index in [9.17, 15) is 4.79 Å². The molecule has 0 fully saturated rings. The molecule has 5 heteroatoms. The Morgan fingerprint density at radius 2 is 2.15 bits per heavy atom. The van der Waals surface area contributed by atoms with Gasteiger partial charge in [-0.05, 0) is 25.7 Å². The van der Waals surface area contributed by atoms with Crippen LogP contribution in [0.5, 0.6) is 0 Å². The van der Waals surface area contributed by atoms with Crippen molar-refractivity contribution in [3.63, 3.8) is 0 Å². The number of carbonyl (C=O) groups is 1. The summed E-state index contributed by atoms with van der Waals surface area (Å²) in [7, 11) is 0. The van der Waals surface area contributed by atoms with E-state index >= 15 is 0 Å². The largest absolute Gasteiger partial charge is 0.446 e. The topological polar surface area (TPSA) is 81.1 Å². The number of nitrogens with two attached hydrogens (primary N) is 1. The van der Waals surface area contributed by atoms with E-state index < -0.39 is 0 Å². The van der Waals surface area contributed by atoms with E-state index in [2.05, 4.69) is 31.1 Å². The van der Waals surface area contributed by atoms with Crippen LogP contribution in [0.4, 0.5) is 0 Å². The van der Waals surface area contributed by atoms with Crippen molar-refractivity contribution in [2.45, 2.75) is 65.5 Å². The third kappa shape index (κ3) is 5.33. The van der Waals surface area contributed by atoms with Gasteiger partial charge in [-0.25, -0.2) is 4.98 Å². The molecule has 20 heavy (non-hydrogen) atoms. The Kier molecular flexibility index (Phi) is 6.71. The molecule has 5 nitrogen and oxygen atoms in total. The number of amides is 1. The van der Waals surface area contributed by atoms with Crippen LogP contribution in [-0.4, -0.2) is 16.9 Å². The van der Waals surface area contributed by atoms with Gasteiger partial charge in [0, 0.05) is 6.04 Å². The Bertz CT molecular complexity index is 415. The molecule has 0 saturated carbocycles. The van der Waals surface area contributed by atoms with Crippen LogP contribution >= 0.6 is 0 Å². The average Bonchev–Trinajstić information content (AvgIpc) is 2.84. The lowest BCUT2D eigenvalue weighted by Crippen LogP contribution is -2.33. The lowest BCUT2D eigenvalue weighted by atomic mass is 10.1. The van der Waals surface area contributed by atoms with Gasteiger partial charge < -0.3 is 15.5 Å². The number of hydrogen-bond donors (Lipinski definition) is 2. The maximum absolute atomic E-state index is 12.0. The summed E-state index contributed by atoms with van der Waals surface area (Å²) in [5.74, 6) is 0.789. The minimum Gasteiger partial charge on any atom is -0.446 e. The molecule has 2 atom stereocenters. The minimum absolute atomic E-state index is 0.122. The maximum atomic E-state index is 12.0. The first-order valence-corrected chi connectivity index (χ1v) is 7.45. The van der Waals surface area contributed by atoms with E-state index in [1.54, 1.807) is 0 Å². The Morgan fingerprint density at radius 3 is 2.75 bits per heavy atom. The molecule has 2 unspecified atom stereocenters. The zero-order valence-electron chi connectivity index (χ0n) is 13.0. The number of nitrogens with one attached hydrogen (secondary N) is 1. The van der Waals surface area contributed by atoms with Gasteiger partial charge in [0.1, 0.15) is 6.26 Å². The Morgan fingerprint density at radius 1 is 1.45 bits per heavy atom. The summed E-state index contributed by atoms with van der Waals surface area (Å²) in [6.07, 6.45) is 5.25. The summed E-state index contributed by atoms with van der Waals surface area (Å²) in [6, 6.07) is -0.110. The Balaban J connectivity index is 2.55. The van der Waals surface area contributed by atoms with E-state index in [-0.39, 0.29) is 18.0 Å². The summed E-state index contributed by atoms with van der Waals surface area (Å²) in [4.78, 5) is 16.2. The molecule has 1 rings (SSSR count). The van der Waals surface area contributed by atoms with E-state index in [1.807, 2.05) is 6.92 Å². The predicted molar refractivity (Wildman–Crippen MR) is 79.3 cm³/mol. The van der Waals surface area contributed by atoms with Crippen LogP contribution in [-0.2, 0) is 0 Å². The molecule has 114 valence electrons. The number of aromatic nitrogens is 1. The molecular weight excluding hydrogens is 254 g/mol. The van der Waals surface area contributed by atoms with Crippen molar-refractivity contribution in [3.8, 4) is 0 Å². The van der Waals surface area contributed by atoms with Gasteiger partial charge in [0.2, 0.25) is 5.89 Å². The van der Waals surface area contributed by atoms with Crippen molar-refractivity contribution in [3.05, 3.63) is 17.8 Å². The van der Waals surface area contributed by atoms with Crippen molar-refractivity contribution in [2.75, 3.05) is 0 Å². The van der Waals surface area contributed by atoms with Gasteiger partial charge in [-0.2, -0.15) is 0 Å². The second-order valence-electron chi connectivity index (χ2n) is 5.82. The summed E-state index contributed by atoms with van der Waals surface area (Å²) < 4.78 is 5.31. The van der Waals surface area contributed by atoms with E-state index in [0.29, 0.717) is 17.5 Å². The van der Waals surface area contributed by atoms with Crippen LogP contribution < -0.4 is 11.1 Å². The maximum Gasteiger partial charge on any atom is 0.273 e. The molecule has 1 aromatic rings. The molecule has 0 saturated heterocycles. The van der Waals surface area contributed by atoms with Crippen LogP contribution in [0.25, 0.3) is 0 Å². The molecule has 0 aromatic carbocycles. The van der Waals surface area contributed by atoms with Crippen LogP contribution in [0.15, 0.2) is 10.7 Å². The number of oxazole rings is 1. The zero-order valence-corrected chi connectivity index (χ0v) is 13.0. The van der Waals surface area contributed by atoms with Crippen LogP contribution in [0, 0.1) is 5.92 Å². The van der Waals surface area contributed by atoms with Gasteiger partial charge in [-0.15, -0.1) is 0 Å². The molecule has 0 spiro atoms. The molecule has 0 aliphatic carbocycles. The zero-order chi connectivity index (χ0) is 15.1. The fourth-order valence-corrected chi connectivity index (χ4v) is 2.17. The molecule has 0 aliphatic heterocycles. The van der Waals surface area contributed by atoms with Crippen molar-refractivity contribution in [1.29, 1.82) is 0 Å². The molecule has 0 radical (unpaired) electrons. The first-order chi connectivity index (χ1) is 9.43. The Hall–Kier alpha value is -1.36. The van der Waals surface area contributed by atoms with Gasteiger partial charge in [0.25, 0.3) is 5.91 Å². The highest BCUT2D eigenvalue weighted by Crippen LogP contribution is 2.16. The van der Waals surface area contributed by atoms with Gasteiger partial charge in [-0.1, -0.05) is 33.6 Å². The van der Waals surface area contributed by atoms with Crippen LogP contribution in [0.3, 0.4) is 0 Å². The highest BCUT2D eigenvalue weighted by molar-refractivity contribution is 5.92. The minimum atomic E-state index is -0.232. The third-order valence-electron chi connectivity index (χ3n) is 3.14. The van der Waals surface area contributed by atoms with Crippen LogP contribution in [0.2, 0.25) is 0 Å². The number of unbranched alkanes of at least 4 members (excludes halogenated alkanes) is 1. The van der Waals surface area contributed by atoms with Crippen LogP contribution in [0.1, 0.15) is 75.8 Å². The van der Waals surface area contributed by atoms with E-state index in [4.69, 9.17) is 10.2 Å².